The van der Waals surface area contributed by atoms with Gasteiger partial charge in [-0.1, -0.05) is 48.6 Å². The summed E-state index contributed by atoms with van der Waals surface area (Å²) in [6.07, 6.45) is 6.85. The van der Waals surface area contributed by atoms with Gasteiger partial charge in [0.25, 0.3) is 0 Å². The minimum atomic E-state index is -0.545. The van der Waals surface area contributed by atoms with E-state index in [1.54, 1.807) is 6.08 Å². The number of benzene rings is 2. The van der Waals surface area contributed by atoms with Crippen molar-refractivity contribution in [3.8, 4) is 0 Å². The topological polar surface area (TPSA) is 3.24 Å². The molecule has 0 bridgehead atoms. The van der Waals surface area contributed by atoms with Crippen LogP contribution in [0, 0.1) is 11.6 Å². The maximum atomic E-state index is 13.2. The van der Waals surface area contributed by atoms with Crippen LogP contribution in [0.2, 0.25) is 0 Å². The molecule has 0 unspecified atom stereocenters. The summed E-state index contributed by atoms with van der Waals surface area (Å²) in [4.78, 5) is 2.38. The first-order valence-corrected chi connectivity index (χ1v) is 7.78. The monoisotopic (exact) mass is 311 g/mol. The van der Waals surface area contributed by atoms with Crippen molar-refractivity contribution >= 4 is 6.08 Å². The Balaban J connectivity index is 1.59. The summed E-state index contributed by atoms with van der Waals surface area (Å²) in [5.74, 6) is -1.09. The average Bonchev–Trinajstić information content (AvgIpc) is 2.54. The molecule has 0 radical (unpaired) electrons. The second-order valence-corrected chi connectivity index (χ2v) is 5.79. The largest absolute Gasteiger partial charge is 0.295 e. The maximum Gasteiger partial charge on any atom is 0.126 e. The van der Waals surface area contributed by atoms with E-state index in [4.69, 9.17) is 0 Å². The van der Waals surface area contributed by atoms with Crippen LogP contribution in [0.4, 0.5) is 8.78 Å². The van der Waals surface area contributed by atoms with E-state index in [9.17, 15) is 8.78 Å². The van der Waals surface area contributed by atoms with Gasteiger partial charge in [-0.25, -0.2) is 8.78 Å². The fraction of sp³-hybridized carbons (Fsp3) is 0.200. The number of allylic oxidation sites excluding steroid dienone is 1. The van der Waals surface area contributed by atoms with Gasteiger partial charge in [0.15, 0.2) is 0 Å². The number of hydrogen-bond acceptors (Lipinski definition) is 1. The van der Waals surface area contributed by atoms with E-state index in [1.807, 2.05) is 12.1 Å². The van der Waals surface area contributed by atoms with Gasteiger partial charge in [-0.3, -0.25) is 4.90 Å². The first kappa shape index (κ1) is 15.6. The molecular weight excluding hydrogens is 292 g/mol. The van der Waals surface area contributed by atoms with Crippen LogP contribution >= 0.6 is 0 Å². The molecule has 1 heterocycles. The van der Waals surface area contributed by atoms with Crippen LogP contribution in [0.3, 0.4) is 0 Å². The minimum Gasteiger partial charge on any atom is -0.295 e. The van der Waals surface area contributed by atoms with Gasteiger partial charge in [0.1, 0.15) is 11.6 Å². The van der Waals surface area contributed by atoms with Crippen molar-refractivity contribution in [1.29, 1.82) is 0 Å². The Bertz CT molecular complexity index is 699. The zero-order valence-electron chi connectivity index (χ0n) is 12.9. The predicted molar refractivity (Wildman–Crippen MR) is 89.8 cm³/mol. The summed E-state index contributed by atoms with van der Waals surface area (Å²) >= 11 is 0. The van der Waals surface area contributed by atoms with Gasteiger partial charge < -0.3 is 0 Å². The molecule has 0 N–H and O–H groups in total. The Labute approximate surface area is 135 Å². The van der Waals surface area contributed by atoms with E-state index >= 15 is 0 Å². The Hall–Kier alpha value is -2.26. The Kier molecular flexibility index (Phi) is 4.99. The van der Waals surface area contributed by atoms with Gasteiger partial charge >= 0.3 is 0 Å². The molecule has 0 spiro atoms. The third-order valence-corrected chi connectivity index (χ3v) is 3.95. The Morgan fingerprint density at radius 2 is 1.70 bits per heavy atom. The summed E-state index contributed by atoms with van der Waals surface area (Å²) in [7, 11) is 0. The standard InChI is InChI=1S/C20H19F2N/c21-19-12-18(13-20(22)14-19)7-6-16-8-10-23(11-9-16)15-17-4-2-1-3-5-17/h1-8,12-14H,9-11,15H2. The summed E-state index contributed by atoms with van der Waals surface area (Å²) in [6, 6.07) is 14.0. The summed E-state index contributed by atoms with van der Waals surface area (Å²) in [5, 5.41) is 0. The molecule has 0 atom stereocenters. The van der Waals surface area contributed by atoms with Crippen molar-refractivity contribution in [3.63, 3.8) is 0 Å². The Morgan fingerprint density at radius 1 is 0.957 bits per heavy atom. The van der Waals surface area contributed by atoms with Crippen molar-refractivity contribution in [1.82, 2.24) is 4.90 Å². The van der Waals surface area contributed by atoms with Crippen LogP contribution < -0.4 is 0 Å². The third kappa shape index (κ3) is 4.60. The maximum absolute atomic E-state index is 13.2. The molecule has 0 saturated heterocycles. The van der Waals surface area contributed by atoms with E-state index in [-0.39, 0.29) is 0 Å². The number of nitrogens with zero attached hydrogens (tertiary/aromatic N) is 1. The normalized spacial score (nSPS) is 15.8. The van der Waals surface area contributed by atoms with Gasteiger partial charge in [0, 0.05) is 25.7 Å². The molecule has 1 aliphatic rings. The minimum absolute atomic E-state index is 0.545. The molecule has 0 amide bonds. The first-order valence-electron chi connectivity index (χ1n) is 7.78. The zero-order chi connectivity index (χ0) is 16.1. The van der Waals surface area contributed by atoms with E-state index in [0.717, 1.165) is 32.1 Å². The van der Waals surface area contributed by atoms with Crippen LogP contribution in [0.25, 0.3) is 6.08 Å². The SMILES string of the molecule is Fc1cc(F)cc(C=CC2=CCN(Cc3ccccc3)CC2)c1. The van der Waals surface area contributed by atoms with E-state index in [0.29, 0.717) is 5.56 Å². The van der Waals surface area contributed by atoms with Crippen LogP contribution in [-0.2, 0) is 6.54 Å². The van der Waals surface area contributed by atoms with Crippen molar-refractivity contribution in [2.75, 3.05) is 13.1 Å². The quantitative estimate of drug-likeness (QED) is 0.783. The van der Waals surface area contributed by atoms with Gasteiger partial charge in [0.05, 0.1) is 0 Å². The molecule has 2 aromatic rings. The molecule has 3 heteroatoms. The van der Waals surface area contributed by atoms with Gasteiger partial charge in [-0.2, -0.15) is 0 Å². The third-order valence-electron chi connectivity index (χ3n) is 3.95. The zero-order valence-corrected chi connectivity index (χ0v) is 12.9. The van der Waals surface area contributed by atoms with Crippen LogP contribution in [-0.4, -0.2) is 18.0 Å². The van der Waals surface area contributed by atoms with Gasteiger partial charge in [-0.15, -0.1) is 0 Å². The summed E-state index contributed by atoms with van der Waals surface area (Å²) in [5.41, 5.74) is 3.07. The van der Waals surface area contributed by atoms with E-state index in [2.05, 4.69) is 35.2 Å². The molecule has 1 aliphatic heterocycles. The van der Waals surface area contributed by atoms with Crippen LogP contribution in [0.15, 0.2) is 66.3 Å². The predicted octanol–water partition coefficient (Wildman–Crippen LogP) is 4.81. The van der Waals surface area contributed by atoms with Gasteiger partial charge in [-0.05, 0) is 35.3 Å². The Morgan fingerprint density at radius 3 is 2.35 bits per heavy atom. The van der Waals surface area contributed by atoms with E-state index in [1.165, 1.54) is 23.3 Å². The molecule has 3 rings (SSSR count). The highest BCUT2D eigenvalue weighted by atomic mass is 19.1. The lowest BCUT2D eigenvalue weighted by atomic mass is 10.1. The molecule has 0 fully saturated rings. The second kappa shape index (κ2) is 7.34. The van der Waals surface area contributed by atoms with Gasteiger partial charge in [0.2, 0.25) is 0 Å². The summed E-state index contributed by atoms with van der Waals surface area (Å²) in [6.45, 7) is 2.83. The first-order chi connectivity index (χ1) is 11.2. The fourth-order valence-electron chi connectivity index (χ4n) is 2.74. The highest BCUT2D eigenvalue weighted by Gasteiger charge is 2.10. The fourth-order valence-corrected chi connectivity index (χ4v) is 2.74. The molecular formula is C20H19F2N. The van der Waals surface area contributed by atoms with Crippen molar-refractivity contribution in [2.45, 2.75) is 13.0 Å². The number of rotatable bonds is 4. The lowest BCUT2D eigenvalue weighted by Gasteiger charge is -2.25. The lowest BCUT2D eigenvalue weighted by molar-refractivity contribution is 0.287. The highest BCUT2D eigenvalue weighted by Crippen LogP contribution is 2.17. The summed E-state index contributed by atoms with van der Waals surface area (Å²) < 4.78 is 26.3. The molecule has 118 valence electrons. The van der Waals surface area contributed by atoms with Crippen molar-refractivity contribution in [2.24, 2.45) is 0 Å². The van der Waals surface area contributed by atoms with Crippen LogP contribution in [0.5, 0.6) is 0 Å². The average molecular weight is 311 g/mol. The smallest absolute Gasteiger partial charge is 0.126 e. The van der Waals surface area contributed by atoms with Crippen molar-refractivity contribution < 1.29 is 8.78 Å². The molecule has 0 aliphatic carbocycles. The highest BCUT2D eigenvalue weighted by molar-refractivity contribution is 5.53. The molecule has 0 saturated carbocycles. The molecule has 1 nitrogen and oxygen atoms in total. The molecule has 2 aromatic carbocycles. The van der Waals surface area contributed by atoms with Crippen LogP contribution in [0.1, 0.15) is 17.5 Å². The second-order valence-electron chi connectivity index (χ2n) is 5.79. The molecule has 0 aromatic heterocycles. The lowest BCUT2D eigenvalue weighted by Crippen LogP contribution is -2.27. The number of halogens is 2. The molecule has 23 heavy (non-hydrogen) atoms. The number of hydrogen-bond donors (Lipinski definition) is 0. The van der Waals surface area contributed by atoms with Crippen molar-refractivity contribution in [3.05, 3.63) is 89.0 Å². The van der Waals surface area contributed by atoms with E-state index < -0.39 is 11.6 Å².